The maximum atomic E-state index is 13.1. The molecule has 1 saturated heterocycles. The molecule has 1 aliphatic rings. The van der Waals surface area contributed by atoms with Crippen molar-refractivity contribution in [2.24, 2.45) is 11.7 Å². The quantitative estimate of drug-likeness (QED) is 0.217. The number of rotatable bonds is 12. The molecule has 210 valence electrons. The summed E-state index contributed by atoms with van der Waals surface area (Å²) in [6.45, 7) is 4.07. The first-order valence-corrected chi connectivity index (χ1v) is 13.2. The van der Waals surface area contributed by atoms with E-state index in [-0.39, 0.29) is 24.6 Å². The molecule has 4 amide bonds. The van der Waals surface area contributed by atoms with Crippen LogP contribution in [-0.4, -0.2) is 53.0 Å². The molecule has 1 fully saturated rings. The Bertz CT molecular complexity index is 1390. The minimum atomic E-state index is -1.02. The summed E-state index contributed by atoms with van der Waals surface area (Å²) in [5.74, 6) is -2.18. The Kier molecular flexibility index (Phi) is 9.00. The van der Waals surface area contributed by atoms with Gasteiger partial charge in [-0.2, -0.15) is 0 Å². The average molecular weight is 547 g/mol. The zero-order chi connectivity index (χ0) is 28.8. The number of hydrogen-bond donors (Lipinski definition) is 5. The Morgan fingerprint density at radius 3 is 2.17 bits per heavy atom. The highest BCUT2D eigenvalue weighted by Crippen LogP contribution is 2.23. The highest BCUT2D eigenvalue weighted by Gasteiger charge is 2.51. The van der Waals surface area contributed by atoms with Crippen LogP contribution < -0.4 is 21.7 Å². The molecule has 6 N–H and O–H groups in total. The molecule has 3 aromatic rings. The lowest BCUT2D eigenvalue weighted by atomic mass is 10.0. The van der Waals surface area contributed by atoms with Gasteiger partial charge in [-0.25, -0.2) is 0 Å². The Balaban J connectivity index is 1.31. The van der Waals surface area contributed by atoms with Crippen LogP contribution in [0.2, 0.25) is 0 Å². The Morgan fingerprint density at radius 1 is 0.850 bits per heavy atom. The summed E-state index contributed by atoms with van der Waals surface area (Å²) in [6, 6.07) is 18.0. The predicted octanol–water partition coefficient (Wildman–Crippen LogP) is 1.67. The second-order valence-electron chi connectivity index (χ2n) is 10.4. The molecule has 10 nitrogen and oxygen atoms in total. The van der Waals surface area contributed by atoms with Crippen molar-refractivity contribution in [1.82, 2.24) is 16.0 Å². The minimum Gasteiger partial charge on any atom is -0.508 e. The summed E-state index contributed by atoms with van der Waals surface area (Å²) in [7, 11) is 0. The van der Waals surface area contributed by atoms with Crippen LogP contribution in [0.1, 0.15) is 31.4 Å². The fourth-order valence-corrected chi connectivity index (χ4v) is 4.47. The second kappa shape index (κ2) is 12.6. The molecular formula is C30H34N4O6. The van der Waals surface area contributed by atoms with Crippen LogP contribution in [0.25, 0.3) is 10.8 Å². The van der Waals surface area contributed by atoms with Gasteiger partial charge >= 0.3 is 0 Å². The maximum absolute atomic E-state index is 13.1. The van der Waals surface area contributed by atoms with E-state index in [2.05, 4.69) is 16.0 Å². The highest BCUT2D eigenvalue weighted by molar-refractivity contribution is 5.97. The molecule has 0 radical (unpaired) electrons. The number of benzene rings is 3. The third-order valence-electron chi connectivity index (χ3n) is 6.67. The fourth-order valence-electron chi connectivity index (χ4n) is 4.47. The van der Waals surface area contributed by atoms with Crippen LogP contribution in [-0.2, 0) is 36.9 Å². The van der Waals surface area contributed by atoms with Gasteiger partial charge in [-0.05, 0) is 52.4 Å². The predicted molar refractivity (Wildman–Crippen MR) is 149 cm³/mol. The van der Waals surface area contributed by atoms with E-state index < -0.39 is 47.9 Å². The number of primary amides is 1. The summed E-state index contributed by atoms with van der Waals surface area (Å²) < 4.78 is 5.34. The Hall–Kier alpha value is -4.44. The summed E-state index contributed by atoms with van der Waals surface area (Å²) in [6.07, 6.45) is -1.54. The largest absolute Gasteiger partial charge is 0.508 e. The monoisotopic (exact) mass is 546 g/mol. The van der Waals surface area contributed by atoms with E-state index in [4.69, 9.17) is 10.5 Å². The lowest BCUT2D eigenvalue weighted by molar-refractivity contribution is -0.132. The molecule has 3 aromatic carbocycles. The van der Waals surface area contributed by atoms with Gasteiger partial charge in [0.05, 0.1) is 0 Å². The van der Waals surface area contributed by atoms with E-state index in [9.17, 15) is 24.3 Å². The van der Waals surface area contributed by atoms with E-state index >= 15 is 0 Å². The normalized spacial score (nSPS) is 17.6. The van der Waals surface area contributed by atoms with Crippen molar-refractivity contribution < 1.29 is 29.0 Å². The van der Waals surface area contributed by atoms with E-state index in [1.807, 2.05) is 56.3 Å². The summed E-state index contributed by atoms with van der Waals surface area (Å²) >= 11 is 0. The molecular weight excluding hydrogens is 512 g/mol. The first-order chi connectivity index (χ1) is 19.1. The lowest BCUT2D eigenvalue weighted by Gasteiger charge is -2.23. The SMILES string of the molecule is CC(C)C[C@H](NC(=O)C1OC1C(=O)NCc1ccc2ccccc2c1)C(=O)N[C@@H](Cc1ccc(O)cc1)C(N)=O. The topological polar surface area (TPSA) is 163 Å². The zero-order valence-electron chi connectivity index (χ0n) is 22.4. The van der Waals surface area contributed by atoms with Crippen LogP contribution in [0.4, 0.5) is 0 Å². The summed E-state index contributed by atoms with van der Waals surface area (Å²) in [4.78, 5) is 50.6. The number of aromatic hydroxyl groups is 1. The van der Waals surface area contributed by atoms with Crippen LogP contribution >= 0.6 is 0 Å². The number of epoxide rings is 1. The van der Waals surface area contributed by atoms with E-state index in [0.717, 1.165) is 16.3 Å². The van der Waals surface area contributed by atoms with Gasteiger partial charge in [-0.1, -0.05) is 62.4 Å². The average Bonchev–Trinajstić information content (AvgIpc) is 3.73. The molecule has 10 heteroatoms. The van der Waals surface area contributed by atoms with Gasteiger partial charge in [0, 0.05) is 13.0 Å². The molecule has 2 unspecified atom stereocenters. The van der Waals surface area contributed by atoms with Crippen molar-refractivity contribution in [2.75, 3.05) is 0 Å². The number of amides is 4. The van der Waals surface area contributed by atoms with E-state index in [1.165, 1.54) is 12.1 Å². The van der Waals surface area contributed by atoms with Crippen molar-refractivity contribution in [1.29, 1.82) is 0 Å². The zero-order valence-corrected chi connectivity index (χ0v) is 22.4. The smallest absolute Gasteiger partial charge is 0.253 e. The lowest BCUT2D eigenvalue weighted by Crippen LogP contribution is -2.54. The third kappa shape index (κ3) is 7.57. The van der Waals surface area contributed by atoms with Gasteiger partial charge < -0.3 is 31.5 Å². The van der Waals surface area contributed by atoms with Crippen molar-refractivity contribution in [3.63, 3.8) is 0 Å². The molecule has 4 atom stereocenters. The van der Waals surface area contributed by atoms with Crippen molar-refractivity contribution in [2.45, 2.75) is 57.5 Å². The number of fused-ring (bicyclic) bond motifs is 1. The van der Waals surface area contributed by atoms with Crippen molar-refractivity contribution in [3.8, 4) is 5.75 Å². The third-order valence-corrected chi connectivity index (χ3v) is 6.67. The van der Waals surface area contributed by atoms with Gasteiger partial charge in [0.15, 0.2) is 12.2 Å². The molecule has 40 heavy (non-hydrogen) atoms. The molecule has 0 aromatic heterocycles. The number of carbonyl (C=O) groups is 4. The standard InChI is InChI=1S/C30H34N4O6/c1-17(2)13-24(28(37)33-23(27(31)36)15-18-8-11-22(35)12-9-18)34-30(39)26-25(40-26)29(38)32-16-19-7-10-20-5-3-4-6-21(20)14-19/h3-12,14,17,23-26,35H,13,15-16H2,1-2H3,(H2,31,36)(H,32,38)(H,33,37)(H,34,39)/t23-,24-,25?,26?/m0/s1. The van der Waals surface area contributed by atoms with Gasteiger partial charge in [0.25, 0.3) is 11.8 Å². The Morgan fingerprint density at radius 2 is 1.50 bits per heavy atom. The number of nitrogens with two attached hydrogens (primary N) is 1. The summed E-state index contributed by atoms with van der Waals surface area (Å²) in [5.41, 5.74) is 7.12. The molecule has 4 rings (SSSR count). The molecule has 1 heterocycles. The van der Waals surface area contributed by atoms with Gasteiger partial charge in [0.2, 0.25) is 11.8 Å². The number of carbonyl (C=O) groups excluding carboxylic acids is 4. The van der Waals surface area contributed by atoms with Crippen LogP contribution in [0.15, 0.2) is 66.7 Å². The first kappa shape index (κ1) is 28.6. The van der Waals surface area contributed by atoms with E-state index in [0.29, 0.717) is 12.0 Å². The number of phenols is 1. The van der Waals surface area contributed by atoms with Gasteiger partial charge in [0.1, 0.15) is 17.8 Å². The molecule has 0 aliphatic carbocycles. The van der Waals surface area contributed by atoms with Gasteiger partial charge in [-0.3, -0.25) is 19.2 Å². The second-order valence-corrected chi connectivity index (χ2v) is 10.4. The Labute approximate surface area is 232 Å². The number of hydrogen-bond acceptors (Lipinski definition) is 6. The van der Waals surface area contributed by atoms with Gasteiger partial charge in [-0.15, -0.1) is 0 Å². The molecule has 0 saturated carbocycles. The molecule has 0 spiro atoms. The van der Waals surface area contributed by atoms with Crippen LogP contribution in [0.3, 0.4) is 0 Å². The van der Waals surface area contributed by atoms with Crippen LogP contribution in [0.5, 0.6) is 5.75 Å². The number of phenolic OH excluding ortho intramolecular Hbond substituents is 1. The number of nitrogens with one attached hydrogen (secondary N) is 3. The molecule has 0 bridgehead atoms. The van der Waals surface area contributed by atoms with E-state index in [1.54, 1.807) is 12.1 Å². The highest BCUT2D eigenvalue weighted by atomic mass is 16.6. The fraction of sp³-hybridized carbons (Fsp3) is 0.333. The number of ether oxygens (including phenoxy) is 1. The molecule has 1 aliphatic heterocycles. The minimum absolute atomic E-state index is 0.0429. The van der Waals surface area contributed by atoms with Crippen molar-refractivity contribution in [3.05, 3.63) is 77.9 Å². The maximum Gasteiger partial charge on any atom is 0.253 e. The first-order valence-electron chi connectivity index (χ1n) is 13.2. The van der Waals surface area contributed by atoms with Crippen molar-refractivity contribution >= 4 is 34.4 Å². The van der Waals surface area contributed by atoms with Crippen LogP contribution in [0, 0.1) is 5.92 Å². The summed E-state index contributed by atoms with van der Waals surface area (Å²) in [5, 5.41) is 19.7.